The second-order valence-electron chi connectivity index (χ2n) is 8.03. The Labute approximate surface area is 171 Å². The van der Waals surface area contributed by atoms with Gasteiger partial charge in [-0.3, -0.25) is 4.79 Å². The molecule has 0 bridgehead atoms. The highest BCUT2D eigenvalue weighted by atomic mass is 19.1. The predicted molar refractivity (Wildman–Crippen MR) is 112 cm³/mol. The van der Waals surface area contributed by atoms with E-state index in [0.29, 0.717) is 11.3 Å². The number of nitrogens with zero attached hydrogens (tertiary/aromatic N) is 3. The van der Waals surface area contributed by atoms with Crippen LogP contribution in [-0.2, 0) is 5.41 Å². The standard InChI is InChI=1S/C22H20FN5O2/c1-22(2,3)13-7-9-15(10-8-13)28-20-17(26-21(28)30)16(18(24)29)25-19(27-20)12-5-4-6-14(23)11-12/h4-11H,1-3H3,(H2,24,29)(H,26,30). The maximum atomic E-state index is 13.7. The monoisotopic (exact) mass is 405 g/mol. The summed E-state index contributed by atoms with van der Waals surface area (Å²) in [5.74, 6) is -1.20. The summed E-state index contributed by atoms with van der Waals surface area (Å²) < 4.78 is 15.0. The number of rotatable bonds is 3. The number of carbonyl (C=O) groups is 1. The minimum atomic E-state index is -0.823. The van der Waals surface area contributed by atoms with Gasteiger partial charge in [-0.15, -0.1) is 0 Å². The smallest absolute Gasteiger partial charge is 0.332 e. The zero-order chi connectivity index (χ0) is 21.6. The maximum absolute atomic E-state index is 13.7. The molecular weight excluding hydrogens is 385 g/mol. The third-order valence-corrected chi connectivity index (χ3v) is 4.84. The fourth-order valence-electron chi connectivity index (χ4n) is 3.27. The minimum Gasteiger partial charge on any atom is -0.364 e. The highest BCUT2D eigenvalue weighted by Gasteiger charge is 2.21. The summed E-state index contributed by atoms with van der Waals surface area (Å²) in [7, 11) is 0. The van der Waals surface area contributed by atoms with E-state index in [2.05, 4.69) is 35.7 Å². The van der Waals surface area contributed by atoms with E-state index in [-0.39, 0.29) is 28.1 Å². The molecule has 0 fully saturated rings. The summed E-state index contributed by atoms with van der Waals surface area (Å²) in [6.45, 7) is 6.28. The lowest BCUT2D eigenvalue weighted by atomic mass is 9.87. The number of aromatic nitrogens is 4. The van der Waals surface area contributed by atoms with Crippen LogP contribution in [0.4, 0.5) is 4.39 Å². The van der Waals surface area contributed by atoms with Gasteiger partial charge in [0.2, 0.25) is 0 Å². The van der Waals surface area contributed by atoms with Crippen molar-refractivity contribution in [2.45, 2.75) is 26.2 Å². The van der Waals surface area contributed by atoms with Gasteiger partial charge >= 0.3 is 5.69 Å². The zero-order valence-corrected chi connectivity index (χ0v) is 16.7. The van der Waals surface area contributed by atoms with Crippen LogP contribution in [0.3, 0.4) is 0 Å². The van der Waals surface area contributed by atoms with Gasteiger partial charge in [0.05, 0.1) is 5.69 Å². The van der Waals surface area contributed by atoms with Crippen molar-refractivity contribution in [2.24, 2.45) is 5.73 Å². The lowest BCUT2D eigenvalue weighted by molar-refractivity contribution is 0.0997. The van der Waals surface area contributed by atoms with E-state index in [1.165, 1.54) is 22.8 Å². The van der Waals surface area contributed by atoms with E-state index in [9.17, 15) is 14.0 Å². The average molecular weight is 405 g/mol. The molecule has 30 heavy (non-hydrogen) atoms. The number of imidazole rings is 1. The van der Waals surface area contributed by atoms with Gasteiger partial charge in [0.25, 0.3) is 5.91 Å². The first kappa shape index (κ1) is 19.5. The highest BCUT2D eigenvalue weighted by molar-refractivity contribution is 6.02. The van der Waals surface area contributed by atoms with Crippen molar-refractivity contribution in [2.75, 3.05) is 0 Å². The number of halogens is 1. The van der Waals surface area contributed by atoms with E-state index in [0.717, 1.165) is 5.56 Å². The van der Waals surface area contributed by atoms with E-state index in [1.54, 1.807) is 6.07 Å². The van der Waals surface area contributed by atoms with Crippen LogP contribution in [0, 0.1) is 5.82 Å². The third-order valence-electron chi connectivity index (χ3n) is 4.84. The Hall–Kier alpha value is -3.81. The molecule has 0 spiro atoms. The van der Waals surface area contributed by atoms with Gasteiger partial charge in [-0.05, 0) is 35.2 Å². The number of benzene rings is 2. The summed E-state index contributed by atoms with van der Waals surface area (Å²) in [5.41, 5.74) is 7.17. The van der Waals surface area contributed by atoms with Gasteiger partial charge < -0.3 is 10.7 Å². The number of hydrogen-bond acceptors (Lipinski definition) is 4. The van der Waals surface area contributed by atoms with Crippen LogP contribution in [0.5, 0.6) is 0 Å². The van der Waals surface area contributed by atoms with Crippen LogP contribution in [0.15, 0.2) is 53.3 Å². The van der Waals surface area contributed by atoms with Crippen LogP contribution in [-0.4, -0.2) is 25.4 Å². The molecule has 2 heterocycles. The van der Waals surface area contributed by atoms with Crippen LogP contribution in [0.2, 0.25) is 0 Å². The highest BCUT2D eigenvalue weighted by Crippen LogP contribution is 2.25. The van der Waals surface area contributed by atoms with Crippen LogP contribution >= 0.6 is 0 Å². The first-order valence-electron chi connectivity index (χ1n) is 9.34. The molecule has 8 heteroatoms. The molecule has 152 valence electrons. The maximum Gasteiger partial charge on any atom is 0.332 e. The number of amides is 1. The molecule has 0 aliphatic rings. The lowest BCUT2D eigenvalue weighted by Crippen LogP contribution is -2.16. The van der Waals surface area contributed by atoms with Gasteiger partial charge in [-0.25, -0.2) is 23.7 Å². The van der Waals surface area contributed by atoms with Crippen molar-refractivity contribution < 1.29 is 9.18 Å². The summed E-state index contributed by atoms with van der Waals surface area (Å²) in [4.78, 5) is 36.0. The number of primary amides is 1. The summed E-state index contributed by atoms with van der Waals surface area (Å²) in [5, 5.41) is 0. The first-order chi connectivity index (χ1) is 14.1. The zero-order valence-electron chi connectivity index (χ0n) is 16.7. The summed E-state index contributed by atoms with van der Waals surface area (Å²) >= 11 is 0. The number of nitrogens with two attached hydrogens (primary N) is 1. The van der Waals surface area contributed by atoms with Crippen molar-refractivity contribution in [3.63, 3.8) is 0 Å². The third kappa shape index (κ3) is 3.36. The Bertz CT molecular complexity index is 1330. The van der Waals surface area contributed by atoms with Gasteiger partial charge in [0.15, 0.2) is 17.2 Å². The molecule has 4 rings (SSSR count). The Morgan fingerprint density at radius 2 is 1.80 bits per heavy atom. The largest absolute Gasteiger partial charge is 0.364 e. The van der Waals surface area contributed by atoms with E-state index in [1.807, 2.05) is 24.3 Å². The fraction of sp³-hybridized carbons (Fsp3) is 0.182. The van der Waals surface area contributed by atoms with Gasteiger partial charge in [-0.1, -0.05) is 45.0 Å². The van der Waals surface area contributed by atoms with Crippen molar-refractivity contribution in [1.82, 2.24) is 19.5 Å². The molecule has 0 saturated heterocycles. The van der Waals surface area contributed by atoms with Crippen molar-refractivity contribution in [3.05, 3.63) is 76.1 Å². The van der Waals surface area contributed by atoms with Crippen LogP contribution in [0.1, 0.15) is 36.8 Å². The molecule has 0 aliphatic carbocycles. The van der Waals surface area contributed by atoms with E-state index >= 15 is 0 Å². The second-order valence-corrected chi connectivity index (χ2v) is 8.03. The van der Waals surface area contributed by atoms with Gasteiger partial charge in [0, 0.05) is 5.56 Å². The number of carbonyl (C=O) groups excluding carboxylic acids is 1. The van der Waals surface area contributed by atoms with Gasteiger partial charge in [-0.2, -0.15) is 0 Å². The Kier molecular flexibility index (Phi) is 4.49. The molecule has 0 unspecified atom stereocenters. The SMILES string of the molecule is CC(C)(C)c1ccc(-n2c(=O)[nH]c3c(C(N)=O)nc(-c4cccc(F)c4)nc32)cc1. The molecule has 0 aliphatic heterocycles. The number of H-pyrrole nitrogens is 1. The molecule has 0 radical (unpaired) electrons. The molecule has 2 aromatic heterocycles. The fourth-order valence-corrected chi connectivity index (χ4v) is 3.27. The minimum absolute atomic E-state index is 0.0461. The van der Waals surface area contributed by atoms with E-state index < -0.39 is 17.4 Å². The second kappa shape index (κ2) is 6.91. The molecule has 4 aromatic rings. The molecule has 2 aromatic carbocycles. The summed E-state index contributed by atoms with van der Waals surface area (Å²) in [6.07, 6.45) is 0. The molecule has 7 nitrogen and oxygen atoms in total. The molecule has 1 amide bonds. The van der Waals surface area contributed by atoms with Crippen molar-refractivity contribution in [3.8, 4) is 17.1 Å². The van der Waals surface area contributed by atoms with E-state index in [4.69, 9.17) is 5.73 Å². The Morgan fingerprint density at radius 1 is 1.10 bits per heavy atom. The lowest BCUT2D eigenvalue weighted by Gasteiger charge is -2.19. The normalized spacial score (nSPS) is 11.7. The van der Waals surface area contributed by atoms with Crippen molar-refractivity contribution >= 4 is 17.1 Å². The number of hydrogen-bond donors (Lipinski definition) is 2. The Morgan fingerprint density at radius 3 is 2.40 bits per heavy atom. The van der Waals surface area contributed by atoms with Crippen LogP contribution in [0.25, 0.3) is 28.2 Å². The molecule has 3 N–H and O–H groups in total. The summed E-state index contributed by atoms with van der Waals surface area (Å²) in [6, 6.07) is 13.2. The number of aromatic amines is 1. The Balaban J connectivity index is 1.98. The molecule has 0 atom stereocenters. The van der Waals surface area contributed by atoms with Gasteiger partial charge in [0.1, 0.15) is 11.3 Å². The predicted octanol–water partition coefficient (Wildman–Crippen LogP) is 3.31. The van der Waals surface area contributed by atoms with Crippen LogP contribution < -0.4 is 11.4 Å². The molecular formula is C22H20FN5O2. The van der Waals surface area contributed by atoms with Crippen molar-refractivity contribution in [1.29, 1.82) is 0 Å². The number of nitrogens with one attached hydrogen (secondary N) is 1. The average Bonchev–Trinajstić information content (AvgIpc) is 3.02. The first-order valence-corrected chi connectivity index (χ1v) is 9.34. The number of fused-ring (bicyclic) bond motifs is 1. The topological polar surface area (TPSA) is 107 Å². The quantitative estimate of drug-likeness (QED) is 0.545. The molecule has 0 saturated carbocycles.